The van der Waals surface area contributed by atoms with Gasteiger partial charge in [-0.1, -0.05) is 15.9 Å². The Bertz CT molecular complexity index is 521. The molecule has 0 bridgehead atoms. The summed E-state index contributed by atoms with van der Waals surface area (Å²) < 4.78 is 25.1. The van der Waals surface area contributed by atoms with Crippen molar-refractivity contribution >= 4 is 32.6 Å². The Morgan fingerprint density at radius 2 is 2.07 bits per heavy atom. The highest BCUT2D eigenvalue weighted by atomic mass is 79.9. The van der Waals surface area contributed by atoms with Crippen LogP contribution < -0.4 is 0 Å². The standard InChI is InChI=1S/C10H6BrF2NO/c11-6-1-2-7-5(3-6)4-8(14-7)9(15)10(12)13/h1-4,10,14H. The molecule has 1 aromatic heterocycles. The number of rotatable bonds is 2. The van der Waals surface area contributed by atoms with E-state index >= 15 is 0 Å². The predicted octanol–water partition coefficient (Wildman–Crippen LogP) is 3.38. The van der Waals surface area contributed by atoms with Gasteiger partial charge in [0.15, 0.2) is 0 Å². The molecule has 0 aliphatic rings. The summed E-state index contributed by atoms with van der Waals surface area (Å²) in [5, 5.41) is 0.730. The molecule has 0 unspecified atom stereocenters. The monoisotopic (exact) mass is 273 g/mol. The third-order valence-electron chi connectivity index (χ3n) is 2.05. The van der Waals surface area contributed by atoms with Crippen LogP contribution in [0.2, 0.25) is 0 Å². The van der Waals surface area contributed by atoms with Gasteiger partial charge in [0.1, 0.15) is 0 Å². The van der Waals surface area contributed by atoms with E-state index in [1.807, 2.05) is 0 Å². The molecule has 0 spiro atoms. The van der Waals surface area contributed by atoms with E-state index in [9.17, 15) is 13.6 Å². The predicted molar refractivity (Wildman–Crippen MR) is 56.3 cm³/mol. The van der Waals surface area contributed by atoms with E-state index in [0.29, 0.717) is 5.52 Å². The largest absolute Gasteiger partial charge is 0.352 e. The van der Waals surface area contributed by atoms with Crippen LogP contribution >= 0.6 is 15.9 Å². The average Bonchev–Trinajstić information content (AvgIpc) is 2.58. The quantitative estimate of drug-likeness (QED) is 0.836. The molecule has 78 valence electrons. The molecule has 1 N–H and O–H groups in total. The number of nitrogens with one attached hydrogen (secondary N) is 1. The molecule has 0 aliphatic heterocycles. The highest BCUT2D eigenvalue weighted by Crippen LogP contribution is 2.21. The number of hydrogen-bond donors (Lipinski definition) is 1. The number of ketones is 1. The number of fused-ring (bicyclic) bond motifs is 1. The molecule has 0 aliphatic carbocycles. The normalized spacial score (nSPS) is 11.2. The molecule has 15 heavy (non-hydrogen) atoms. The lowest BCUT2D eigenvalue weighted by atomic mass is 10.2. The maximum Gasteiger partial charge on any atom is 0.302 e. The number of hydrogen-bond acceptors (Lipinski definition) is 1. The Labute approximate surface area is 92.4 Å². The van der Waals surface area contributed by atoms with Crippen molar-refractivity contribution in [1.29, 1.82) is 0 Å². The van der Waals surface area contributed by atoms with Crippen molar-refractivity contribution in [2.24, 2.45) is 0 Å². The van der Waals surface area contributed by atoms with Gasteiger partial charge in [-0.05, 0) is 24.3 Å². The Hall–Kier alpha value is -1.23. The molecule has 2 aromatic rings. The van der Waals surface area contributed by atoms with Gasteiger partial charge in [-0.3, -0.25) is 4.79 Å². The van der Waals surface area contributed by atoms with Gasteiger partial charge in [-0.15, -0.1) is 0 Å². The first-order valence-electron chi connectivity index (χ1n) is 4.18. The second-order valence-corrected chi connectivity index (χ2v) is 4.00. The number of H-pyrrole nitrogens is 1. The van der Waals surface area contributed by atoms with Gasteiger partial charge in [0, 0.05) is 15.4 Å². The molecule has 1 heterocycles. The lowest BCUT2D eigenvalue weighted by Crippen LogP contribution is -2.10. The number of carbonyl (C=O) groups is 1. The highest BCUT2D eigenvalue weighted by molar-refractivity contribution is 9.10. The summed E-state index contributed by atoms with van der Waals surface area (Å²) >= 11 is 3.26. The summed E-state index contributed by atoms with van der Waals surface area (Å²) in [6.45, 7) is 0. The van der Waals surface area contributed by atoms with Gasteiger partial charge >= 0.3 is 6.43 Å². The molecular weight excluding hydrogens is 268 g/mol. The molecule has 0 saturated heterocycles. The van der Waals surface area contributed by atoms with Gasteiger partial charge < -0.3 is 4.98 Å². The minimum Gasteiger partial charge on any atom is -0.352 e. The molecule has 1 aromatic carbocycles. The maximum absolute atomic E-state index is 12.1. The van der Waals surface area contributed by atoms with Crippen LogP contribution in [0.5, 0.6) is 0 Å². The molecular formula is C10H6BrF2NO. The molecule has 0 amide bonds. The summed E-state index contributed by atoms with van der Waals surface area (Å²) in [5.41, 5.74) is 0.611. The number of halogens is 3. The summed E-state index contributed by atoms with van der Waals surface area (Å²) in [7, 11) is 0. The van der Waals surface area contributed by atoms with Crippen molar-refractivity contribution < 1.29 is 13.6 Å². The molecule has 0 fully saturated rings. The molecule has 0 radical (unpaired) electrons. The van der Waals surface area contributed by atoms with Gasteiger partial charge in [0.2, 0.25) is 5.78 Å². The topological polar surface area (TPSA) is 32.9 Å². The molecule has 5 heteroatoms. The van der Waals surface area contributed by atoms with Gasteiger partial charge in [0.05, 0.1) is 5.69 Å². The van der Waals surface area contributed by atoms with Crippen LogP contribution in [0.15, 0.2) is 28.7 Å². The summed E-state index contributed by atoms with van der Waals surface area (Å²) in [6.07, 6.45) is -2.97. The van der Waals surface area contributed by atoms with E-state index < -0.39 is 12.2 Å². The van der Waals surface area contributed by atoms with Gasteiger partial charge in [-0.2, -0.15) is 0 Å². The van der Waals surface area contributed by atoms with Crippen molar-refractivity contribution in [2.75, 3.05) is 0 Å². The first-order chi connectivity index (χ1) is 7.08. The second-order valence-electron chi connectivity index (χ2n) is 3.08. The van der Waals surface area contributed by atoms with Crippen LogP contribution in [0.25, 0.3) is 10.9 Å². The number of aromatic nitrogens is 1. The van der Waals surface area contributed by atoms with Crippen LogP contribution in [-0.2, 0) is 0 Å². The minimum absolute atomic E-state index is 0.0573. The molecule has 0 saturated carbocycles. The van der Waals surface area contributed by atoms with Crippen LogP contribution in [0.4, 0.5) is 8.78 Å². The van der Waals surface area contributed by atoms with Crippen molar-refractivity contribution in [1.82, 2.24) is 4.98 Å². The van der Waals surface area contributed by atoms with E-state index in [1.165, 1.54) is 6.07 Å². The fraction of sp³-hybridized carbons (Fsp3) is 0.100. The van der Waals surface area contributed by atoms with Crippen LogP contribution in [0.1, 0.15) is 10.5 Å². The van der Waals surface area contributed by atoms with Crippen LogP contribution in [-0.4, -0.2) is 17.2 Å². The Balaban J connectivity index is 2.52. The first kappa shape index (κ1) is 10.3. The Morgan fingerprint density at radius 3 is 2.73 bits per heavy atom. The lowest BCUT2D eigenvalue weighted by Gasteiger charge is -1.93. The summed E-state index contributed by atoms with van der Waals surface area (Å²) in [5.74, 6) is -1.18. The molecule has 2 nitrogen and oxygen atoms in total. The van der Waals surface area contributed by atoms with E-state index in [-0.39, 0.29) is 5.69 Å². The van der Waals surface area contributed by atoms with E-state index in [2.05, 4.69) is 20.9 Å². The number of benzene rings is 1. The fourth-order valence-electron chi connectivity index (χ4n) is 1.35. The number of aromatic amines is 1. The van der Waals surface area contributed by atoms with Gasteiger partial charge in [-0.25, -0.2) is 8.78 Å². The fourth-order valence-corrected chi connectivity index (χ4v) is 1.73. The second kappa shape index (κ2) is 3.73. The van der Waals surface area contributed by atoms with Crippen molar-refractivity contribution in [3.05, 3.63) is 34.4 Å². The third-order valence-corrected chi connectivity index (χ3v) is 2.54. The molecule has 2 rings (SSSR count). The number of alkyl halides is 2. The Kier molecular flexibility index (Phi) is 2.56. The van der Waals surface area contributed by atoms with Crippen molar-refractivity contribution in [3.8, 4) is 0 Å². The van der Waals surface area contributed by atoms with Gasteiger partial charge in [0.25, 0.3) is 0 Å². The third kappa shape index (κ3) is 1.92. The zero-order valence-electron chi connectivity index (χ0n) is 7.43. The zero-order chi connectivity index (χ0) is 11.0. The van der Waals surface area contributed by atoms with Crippen LogP contribution in [0, 0.1) is 0 Å². The zero-order valence-corrected chi connectivity index (χ0v) is 9.01. The van der Waals surface area contributed by atoms with E-state index in [1.54, 1.807) is 18.2 Å². The minimum atomic E-state index is -2.97. The first-order valence-corrected chi connectivity index (χ1v) is 4.98. The van der Waals surface area contributed by atoms with E-state index in [4.69, 9.17) is 0 Å². The SMILES string of the molecule is O=C(c1cc2cc(Br)ccc2[nH]1)C(F)F. The summed E-state index contributed by atoms with van der Waals surface area (Å²) in [4.78, 5) is 13.7. The average molecular weight is 274 g/mol. The lowest BCUT2D eigenvalue weighted by molar-refractivity contribution is 0.0674. The van der Waals surface area contributed by atoms with Crippen molar-refractivity contribution in [2.45, 2.75) is 6.43 Å². The Morgan fingerprint density at radius 1 is 1.33 bits per heavy atom. The smallest absolute Gasteiger partial charge is 0.302 e. The van der Waals surface area contributed by atoms with Crippen molar-refractivity contribution in [3.63, 3.8) is 0 Å². The number of Topliss-reactive ketones (excluding diaryl/α,β-unsaturated/α-hetero) is 1. The highest BCUT2D eigenvalue weighted by Gasteiger charge is 2.19. The maximum atomic E-state index is 12.1. The number of carbonyl (C=O) groups excluding carboxylic acids is 1. The molecule has 0 atom stereocenters. The van der Waals surface area contributed by atoms with E-state index in [0.717, 1.165) is 9.86 Å². The summed E-state index contributed by atoms with van der Waals surface area (Å²) in [6, 6.07) is 6.68. The van der Waals surface area contributed by atoms with Crippen LogP contribution in [0.3, 0.4) is 0 Å².